The molecule has 0 bridgehead atoms. The topological polar surface area (TPSA) is 102 Å². The molecular weight excluding hydrogens is 570 g/mol. The third kappa shape index (κ3) is 4.05. The third-order valence-corrected chi connectivity index (χ3v) is 11.8. The molecule has 0 N–H and O–H groups in total. The van der Waals surface area contributed by atoms with Crippen LogP contribution in [0.25, 0.3) is 37.0 Å². The predicted octanol–water partition coefficient (Wildman–Crippen LogP) is 2.70. The number of aromatic nitrogens is 2. The zero-order valence-corrected chi connectivity index (χ0v) is 21.7. The van der Waals surface area contributed by atoms with Crippen molar-refractivity contribution in [3.63, 3.8) is 0 Å². The van der Waals surface area contributed by atoms with E-state index in [0.29, 0.717) is 0 Å². The average molecular weight is 580 g/mol. The van der Waals surface area contributed by atoms with E-state index in [4.69, 9.17) is 6.57 Å². The predicted molar refractivity (Wildman–Crippen MR) is 126 cm³/mol. The van der Waals surface area contributed by atoms with Crippen LogP contribution >= 0.6 is 22.7 Å². The van der Waals surface area contributed by atoms with Crippen LogP contribution in [0.5, 0.6) is 0 Å². The van der Waals surface area contributed by atoms with Crippen molar-refractivity contribution in [1.82, 2.24) is 9.97 Å². The number of aryl methyl sites for hydroxylation is 2. The summed E-state index contributed by atoms with van der Waals surface area (Å²) < 4.78 is 3.64. The van der Waals surface area contributed by atoms with Gasteiger partial charge in [-0.15, -0.1) is 0 Å². The number of nitrogens with zero attached hydrogens (tertiary/aromatic N) is 6. The van der Waals surface area contributed by atoms with Crippen molar-refractivity contribution >= 4 is 63.0 Å². The second kappa shape index (κ2) is 9.21. The number of thiazole rings is 2. The van der Waals surface area contributed by atoms with Crippen LogP contribution in [0.3, 0.4) is 0 Å². The van der Waals surface area contributed by atoms with Crippen molar-refractivity contribution in [2.75, 3.05) is 0 Å². The van der Waals surface area contributed by atoms with Gasteiger partial charge in [-0.05, 0) is 0 Å². The van der Waals surface area contributed by atoms with Gasteiger partial charge in [-0.1, -0.05) is 0 Å². The van der Waals surface area contributed by atoms with Gasteiger partial charge >= 0.3 is 204 Å². The molecule has 0 unspecified atom stereocenters. The van der Waals surface area contributed by atoms with Crippen molar-refractivity contribution in [3.05, 3.63) is 62.3 Å². The van der Waals surface area contributed by atoms with E-state index in [1.54, 1.807) is 22.7 Å². The van der Waals surface area contributed by atoms with E-state index in [2.05, 4.69) is 14.8 Å². The average Bonchev–Trinajstić information content (AvgIpc) is 3.56. The SMILES string of the molecule is [C-]#[N+]/C(C#N)=c1\cc(-c2cnc(C)s2)/c(=c2\[se]c(=C(C#N)C#N)cc2-c2cnc(C)s2)[se]1. The molecule has 4 heterocycles. The van der Waals surface area contributed by atoms with Crippen LogP contribution in [0.15, 0.2) is 24.5 Å². The zero-order valence-electron chi connectivity index (χ0n) is 16.6. The van der Waals surface area contributed by atoms with Gasteiger partial charge in [0.25, 0.3) is 0 Å². The summed E-state index contributed by atoms with van der Waals surface area (Å²) in [5.41, 5.74) is 2.18. The Kier molecular flexibility index (Phi) is 6.38. The number of rotatable bonds is 2. The van der Waals surface area contributed by atoms with Gasteiger partial charge in [-0.2, -0.15) is 0 Å². The Morgan fingerprint density at radius 2 is 1.38 bits per heavy atom. The van der Waals surface area contributed by atoms with E-state index in [1.165, 1.54) is 0 Å². The summed E-state index contributed by atoms with van der Waals surface area (Å²) in [7, 11) is 0. The molecular formula is C22H10N6S2Se2. The molecule has 0 radical (unpaired) electrons. The molecule has 0 saturated heterocycles. The van der Waals surface area contributed by atoms with E-state index >= 15 is 0 Å². The van der Waals surface area contributed by atoms with Gasteiger partial charge in [0.1, 0.15) is 0 Å². The Balaban J connectivity index is 2.29. The summed E-state index contributed by atoms with van der Waals surface area (Å²) >= 11 is 2.62. The zero-order chi connectivity index (χ0) is 22.8. The van der Waals surface area contributed by atoms with Gasteiger partial charge in [-0.3, -0.25) is 0 Å². The van der Waals surface area contributed by atoms with Gasteiger partial charge in [0.2, 0.25) is 0 Å². The molecule has 0 saturated carbocycles. The quantitative estimate of drug-likeness (QED) is 0.268. The van der Waals surface area contributed by atoms with Gasteiger partial charge in [-0.25, -0.2) is 0 Å². The molecule has 0 aliphatic rings. The van der Waals surface area contributed by atoms with Crippen LogP contribution in [0.4, 0.5) is 0 Å². The van der Waals surface area contributed by atoms with Gasteiger partial charge in [0, 0.05) is 0 Å². The maximum absolute atomic E-state index is 9.45. The Morgan fingerprint density at radius 3 is 1.78 bits per heavy atom. The minimum absolute atomic E-state index is 0.106. The summed E-state index contributed by atoms with van der Waals surface area (Å²) in [5, 5.41) is 30.2. The van der Waals surface area contributed by atoms with Crippen LogP contribution in [0.2, 0.25) is 0 Å². The molecule has 0 fully saturated rings. The molecule has 4 aromatic heterocycles. The van der Waals surface area contributed by atoms with Gasteiger partial charge in [0.05, 0.1) is 0 Å². The summed E-state index contributed by atoms with van der Waals surface area (Å²) in [5.74, 6) is 0. The minimum atomic E-state index is -0.260. The van der Waals surface area contributed by atoms with Crippen LogP contribution < -0.4 is 8.19 Å². The fraction of sp³-hybridized carbons (Fsp3) is 0.0909. The summed E-state index contributed by atoms with van der Waals surface area (Å²) in [6.45, 7) is 11.3. The van der Waals surface area contributed by atoms with Crippen molar-refractivity contribution < 1.29 is 0 Å². The first-order chi connectivity index (χ1) is 15.5. The molecule has 32 heavy (non-hydrogen) atoms. The maximum atomic E-state index is 9.45. The fourth-order valence-electron chi connectivity index (χ4n) is 2.97. The Morgan fingerprint density at radius 1 is 0.875 bits per heavy atom. The van der Waals surface area contributed by atoms with Crippen LogP contribution in [-0.2, 0) is 0 Å². The van der Waals surface area contributed by atoms with E-state index in [0.717, 1.165) is 47.3 Å². The second-order valence-corrected chi connectivity index (χ2v) is 13.2. The Bertz CT molecular complexity index is 1590. The van der Waals surface area contributed by atoms with E-state index in [-0.39, 0.29) is 40.3 Å². The molecule has 0 aliphatic carbocycles. The first kappa shape index (κ1) is 22.2. The van der Waals surface area contributed by atoms with Crippen LogP contribution in [-0.4, -0.2) is 39.0 Å². The molecule has 10 heteroatoms. The summed E-state index contributed by atoms with van der Waals surface area (Å²) in [4.78, 5) is 14.2. The van der Waals surface area contributed by atoms with Crippen LogP contribution in [0.1, 0.15) is 10.0 Å². The molecule has 4 rings (SSSR count). The third-order valence-electron chi connectivity index (χ3n) is 4.36. The van der Waals surface area contributed by atoms with Crippen molar-refractivity contribution in [2.24, 2.45) is 0 Å². The van der Waals surface area contributed by atoms with Gasteiger partial charge < -0.3 is 0 Å². The molecule has 0 aliphatic heterocycles. The van der Waals surface area contributed by atoms with E-state index < -0.39 is 0 Å². The second-order valence-electron chi connectivity index (χ2n) is 6.36. The first-order valence-corrected chi connectivity index (χ1v) is 14.0. The molecule has 152 valence electrons. The van der Waals surface area contributed by atoms with Gasteiger partial charge in [0.15, 0.2) is 0 Å². The Labute approximate surface area is 202 Å². The van der Waals surface area contributed by atoms with E-state index in [9.17, 15) is 15.8 Å². The summed E-state index contributed by atoms with van der Waals surface area (Å²) in [6.07, 6.45) is 3.65. The van der Waals surface area contributed by atoms with Crippen molar-refractivity contribution in [2.45, 2.75) is 13.8 Å². The molecule has 0 spiro atoms. The summed E-state index contributed by atoms with van der Waals surface area (Å²) in [6, 6.07) is 9.93. The van der Waals surface area contributed by atoms with E-state index in [1.807, 2.05) is 56.6 Å². The number of hydrogen-bond acceptors (Lipinski definition) is 7. The van der Waals surface area contributed by atoms with Crippen molar-refractivity contribution in [1.29, 1.82) is 15.8 Å². The number of hydrogen-bond donors (Lipinski definition) is 0. The molecule has 6 nitrogen and oxygen atoms in total. The number of nitriles is 3. The first-order valence-electron chi connectivity index (χ1n) is 8.95. The fourth-order valence-corrected chi connectivity index (χ4v) is 10.3. The monoisotopic (exact) mass is 582 g/mol. The Hall–Kier alpha value is -3.04. The van der Waals surface area contributed by atoms with Crippen molar-refractivity contribution in [3.8, 4) is 39.1 Å². The standard InChI is InChI=1S/C22H10N6S2Se2/c1-11-27-9-17(29-11)14-4-19(13(6-23)7-24)31-21(14)22-15(18-10-28-12(2)30-18)5-20(32-22)16(8-25)26-3/h4-5,9-10H,1-2H3/b20-16+,22-21+. The molecule has 0 amide bonds. The van der Waals surface area contributed by atoms with Crippen LogP contribution in [0, 0.1) is 62.6 Å². The molecule has 0 atom stereocenters. The normalized spacial score (nSPS) is 12.3. The molecule has 4 aromatic rings. The molecule has 0 aromatic carbocycles.